The molecule has 1 unspecified atom stereocenters. The summed E-state index contributed by atoms with van der Waals surface area (Å²) in [6, 6.07) is 1.18. The molecule has 0 aliphatic rings. The van der Waals surface area contributed by atoms with E-state index in [2.05, 4.69) is 5.32 Å². The van der Waals surface area contributed by atoms with Crippen molar-refractivity contribution in [3.63, 3.8) is 0 Å². The predicted octanol–water partition coefficient (Wildman–Crippen LogP) is 1.22. The molecule has 17 heavy (non-hydrogen) atoms. The number of hydrogen-bond acceptors (Lipinski definition) is 2. The highest BCUT2D eigenvalue weighted by Crippen LogP contribution is 2.32. The Hall–Kier alpha value is -1.50. The van der Waals surface area contributed by atoms with Gasteiger partial charge in [0.15, 0.2) is 6.10 Å². The van der Waals surface area contributed by atoms with E-state index in [1.54, 1.807) is 0 Å². The lowest BCUT2D eigenvalue weighted by Gasteiger charge is -2.12. The van der Waals surface area contributed by atoms with E-state index in [9.17, 15) is 18.0 Å². The minimum Gasteiger partial charge on any atom is -0.379 e. The van der Waals surface area contributed by atoms with Crippen LogP contribution < -0.4 is 5.32 Å². The van der Waals surface area contributed by atoms with Crippen molar-refractivity contribution in [3.8, 4) is 0 Å². The van der Waals surface area contributed by atoms with Gasteiger partial charge in [0.25, 0.3) is 0 Å². The Labute approximate surface area is 96.0 Å². The summed E-state index contributed by atoms with van der Waals surface area (Å²) in [7, 11) is 1.48. The fraction of sp³-hybridized carbons (Fsp3) is 0.500. The summed E-state index contributed by atoms with van der Waals surface area (Å²) < 4.78 is 38.0. The van der Waals surface area contributed by atoms with Crippen LogP contribution in [-0.4, -0.2) is 28.8 Å². The van der Waals surface area contributed by atoms with Crippen LogP contribution in [0.25, 0.3) is 0 Å². The molecule has 4 nitrogen and oxygen atoms in total. The molecule has 0 spiro atoms. The highest BCUT2D eigenvalue weighted by Gasteiger charge is 2.39. The smallest absolute Gasteiger partial charge is 0.379 e. The van der Waals surface area contributed by atoms with E-state index in [1.165, 1.54) is 30.1 Å². The number of aliphatic hydroxyl groups excluding tert-OH is 1. The summed E-state index contributed by atoms with van der Waals surface area (Å²) in [5, 5.41) is 11.4. The third-order valence-electron chi connectivity index (χ3n) is 2.28. The van der Waals surface area contributed by atoms with Gasteiger partial charge in [-0.1, -0.05) is 0 Å². The number of aromatic nitrogens is 1. The molecule has 0 bridgehead atoms. The average molecular weight is 250 g/mol. The molecule has 0 aliphatic heterocycles. The van der Waals surface area contributed by atoms with E-state index in [4.69, 9.17) is 5.11 Å². The van der Waals surface area contributed by atoms with Crippen LogP contribution in [0, 0.1) is 0 Å². The molecule has 0 saturated heterocycles. The van der Waals surface area contributed by atoms with Crippen LogP contribution in [0.15, 0.2) is 18.5 Å². The Kier molecular flexibility index (Phi) is 4.17. The van der Waals surface area contributed by atoms with E-state index in [1.807, 2.05) is 0 Å². The summed E-state index contributed by atoms with van der Waals surface area (Å²) in [6.45, 7) is 0.268. The van der Waals surface area contributed by atoms with E-state index < -0.39 is 12.3 Å². The van der Waals surface area contributed by atoms with Crippen LogP contribution >= 0.6 is 0 Å². The molecule has 1 heterocycles. The van der Waals surface area contributed by atoms with E-state index >= 15 is 0 Å². The SMILES string of the molecule is CNC(=O)CCn1ccc(C(O)C(F)(F)F)c1. The number of carbonyl (C=O) groups excluding carboxylic acids is 1. The van der Waals surface area contributed by atoms with Crippen LogP contribution in [0.4, 0.5) is 13.2 Å². The highest BCUT2D eigenvalue weighted by atomic mass is 19.4. The number of nitrogens with one attached hydrogen (secondary N) is 1. The van der Waals surface area contributed by atoms with Crippen LogP contribution in [0.5, 0.6) is 0 Å². The van der Waals surface area contributed by atoms with Gasteiger partial charge < -0.3 is 15.0 Å². The highest BCUT2D eigenvalue weighted by molar-refractivity contribution is 5.75. The van der Waals surface area contributed by atoms with Crippen molar-refractivity contribution in [1.29, 1.82) is 0 Å². The van der Waals surface area contributed by atoms with Crippen molar-refractivity contribution in [2.75, 3.05) is 7.05 Å². The zero-order chi connectivity index (χ0) is 13.1. The zero-order valence-corrected chi connectivity index (χ0v) is 9.16. The molecule has 1 rings (SSSR count). The second-order valence-electron chi connectivity index (χ2n) is 3.55. The van der Waals surface area contributed by atoms with Crippen molar-refractivity contribution >= 4 is 5.91 Å². The molecule has 1 aromatic rings. The number of hydrogen-bond donors (Lipinski definition) is 2. The molecule has 96 valence electrons. The van der Waals surface area contributed by atoms with E-state index in [-0.39, 0.29) is 24.4 Å². The minimum absolute atomic E-state index is 0.173. The van der Waals surface area contributed by atoms with Gasteiger partial charge in [-0.25, -0.2) is 0 Å². The van der Waals surface area contributed by atoms with Crippen LogP contribution in [0.1, 0.15) is 18.1 Å². The van der Waals surface area contributed by atoms with Crippen molar-refractivity contribution in [1.82, 2.24) is 9.88 Å². The molecular formula is C10H13F3N2O2. The Bertz CT molecular complexity index is 387. The predicted molar refractivity (Wildman–Crippen MR) is 54.1 cm³/mol. The van der Waals surface area contributed by atoms with Gasteiger partial charge in [-0.3, -0.25) is 4.79 Å². The van der Waals surface area contributed by atoms with Gasteiger partial charge in [-0.15, -0.1) is 0 Å². The lowest BCUT2D eigenvalue weighted by atomic mass is 10.2. The van der Waals surface area contributed by atoms with Crippen LogP contribution in [-0.2, 0) is 11.3 Å². The Morgan fingerprint density at radius 2 is 2.24 bits per heavy atom. The number of alkyl halides is 3. The summed E-state index contributed by atoms with van der Waals surface area (Å²) in [6.07, 6.45) is -4.41. The number of halogens is 3. The molecule has 0 radical (unpaired) electrons. The maximum atomic E-state index is 12.2. The first kappa shape index (κ1) is 13.6. The van der Waals surface area contributed by atoms with Crippen molar-refractivity contribution in [2.45, 2.75) is 25.2 Å². The Morgan fingerprint density at radius 3 is 2.76 bits per heavy atom. The lowest BCUT2D eigenvalue weighted by molar-refractivity contribution is -0.206. The maximum Gasteiger partial charge on any atom is 0.418 e. The zero-order valence-electron chi connectivity index (χ0n) is 9.16. The number of carbonyl (C=O) groups is 1. The van der Waals surface area contributed by atoms with Crippen LogP contribution in [0.3, 0.4) is 0 Å². The van der Waals surface area contributed by atoms with Crippen LogP contribution in [0.2, 0.25) is 0 Å². The first-order chi connectivity index (χ1) is 7.84. The Morgan fingerprint density at radius 1 is 1.59 bits per heavy atom. The van der Waals surface area contributed by atoms with Gasteiger partial charge in [-0.05, 0) is 6.07 Å². The van der Waals surface area contributed by atoms with E-state index in [0.29, 0.717) is 0 Å². The second-order valence-corrected chi connectivity index (χ2v) is 3.55. The maximum absolute atomic E-state index is 12.2. The molecule has 1 atom stereocenters. The van der Waals surface area contributed by atoms with Gasteiger partial charge in [0.1, 0.15) is 0 Å². The number of nitrogens with zero attached hydrogens (tertiary/aromatic N) is 1. The number of rotatable bonds is 4. The fourth-order valence-electron chi connectivity index (χ4n) is 1.30. The molecular weight excluding hydrogens is 237 g/mol. The van der Waals surface area contributed by atoms with Gasteiger partial charge in [0.2, 0.25) is 5.91 Å². The van der Waals surface area contributed by atoms with Crippen molar-refractivity contribution in [2.24, 2.45) is 0 Å². The Balaban J connectivity index is 2.62. The first-order valence-electron chi connectivity index (χ1n) is 4.95. The summed E-state index contributed by atoms with van der Waals surface area (Å²) in [4.78, 5) is 10.9. The molecule has 1 aromatic heterocycles. The largest absolute Gasteiger partial charge is 0.418 e. The molecule has 1 amide bonds. The molecule has 2 N–H and O–H groups in total. The number of aliphatic hydroxyl groups is 1. The van der Waals surface area contributed by atoms with Gasteiger partial charge in [0.05, 0.1) is 0 Å². The second kappa shape index (κ2) is 5.22. The van der Waals surface area contributed by atoms with E-state index in [0.717, 1.165) is 0 Å². The third-order valence-corrected chi connectivity index (χ3v) is 2.28. The third kappa shape index (κ3) is 3.77. The minimum atomic E-state index is -4.67. The number of aryl methyl sites for hydroxylation is 1. The summed E-state index contributed by atoms with van der Waals surface area (Å²) in [5.74, 6) is -0.198. The monoisotopic (exact) mass is 250 g/mol. The summed E-state index contributed by atoms with van der Waals surface area (Å²) >= 11 is 0. The fourth-order valence-corrected chi connectivity index (χ4v) is 1.30. The molecule has 0 aromatic carbocycles. The molecule has 0 saturated carbocycles. The van der Waals surface area contributed by atoms with Gasteiger partial charge >= 0.3 is 6.18 Å². The topological polar surface area (TPSA) is 54.3 Å². The lowest BCUT2D eigenvalue weighted by Crippen LogP contribution is -2.20. The van der Waals surface area contributed by atoms with Crippen molar-refractivity contribution < 1.29 is 23.1 Å². The van der Waals surface area contributed by atoms with Crippen molar-refractivity contribution in [3.05, 3.63) is 24.0 Å². The van der Waals surface area contributed by atoms with Gasteiger partial charge in [-0.2, -0.15) is 13.2 Å². The first-order valence-corrected chi connectivity index (χ1v) is 4.95. The number of amides is 1. The molecule has 7 heteroatoms. The normalized spacial score (nSPS) is 13.5. The van der Waals surface area contributed by atoms with Gasteiger partial charge in [0, 0.05) is 38.0 Å². The molecule has 0 fully saturated rings. The summed E-state index contributed by atoms with van der Waals surface area (Å²) in [5.41, 5.74) is -0.227. The standard InChI is InChI=1S/C10H13F3N2O2/c1-14-8(16)3-5-15-4-2-7(6-15)9(17)10(11,12)13/h2,4,6,9,17H,3,5H2,1H3,(H,14,16). The average Bonchev–Trinajstić information content (AvgIpc) is 2.71. The quantitative estimate of drug-likeness (QED) is 0.844. The molecule has 0 aliphatic carbocycles.